The van der Waals surface area contributed by atoms with Crippen LogP contribution in [0.3, 0.4) is 0 Å². The standard InChI is InChI=1S/C21H28F3N3O3/c1-16-13-19(17(2)27(16)14-18-5-3-12-30-18)20(28)26-9-7-25(8-10-26)6-4-11-29-15-21(22,23)24/h3,5,12-13H,4,6-11,14-15H2,1-2H3. The van der Waals surface area contributed by atoms with Crippen LogP contribution in [-0.2, 0) is 11.3 Å². The lowest BCUT2D eigenvalue weighted by Crippen LogP contribution is -2.49. The summed E-state index contributed by atoms with van der Waals surface area (Å²) < 4.78 is 48.3. The first-order valence-corrected chi connectivity index (χ1v) is 10.1. The number of piperazine rings is 1. The lowest BCUT2D eigenvalue weighted by molar-refractivity contribution is -0.174. The van der Waals surface area contributed by atoms with Crippen LogP contribution >= 0.6 is 0 Å². The van der Waals surface area contributed by atoms with Crippen molar-refractivity contribution >= 4 is 5.91 Å². The molecule has 166 valence electrons. The predicted molar refractivity (Wildman–Crippen MR) is 106 cm³/mol. The molecule has 0 N–H and O–H groups in total. The molecule has 0 saturated carbocycles. The van der Waals surface area contributed by atoms with Gasteiger partial charge in [-0.05, 0) is 38.5 Å². The third kappa shape index (κ3) is 5.89. The minimum absolute atomic E-state index is 0.0157. The maximum absolute atomic E-state index is 13.0. The molecular formula is C21H28F3N3O3. The average Bonchev–Trinajstić information content (AvgIpc) is 3.30. The first kappa shape index (κ1) is 22.4. The Hall–Kier alpha value is -2.26. The van der Waals surface area contributed by atoms with Crippen LogP contribution < -0.4 is 0 Å². The number of hydrogen-bond acceptors (Lipinski definition) is 4. The summed E-state index contributed by atoms with van der Waals surface area (Å²) in [5.41, 5.74) is 2.62. The number of aryl methyl sites for hydroxylation is 1. The topological polar surface area (TPSA) is 50.9 Å². The van der Waals surface area contributed by atoms with E-state index >= 15 is 0 Å². The van der Waals surface area contributed by atoms with Gasteiger partial charge in [0.15, 0.2) is 0 Å². The van der Waals surface area contributed by atoms with Crippen LogP contribution in [0.2, 0.25) is 0 Å². The number of nitrogens with zero attached hydrogens (tertiary/aromatic N) is 3. The van der Waals surface area contributed by atoms with Crippen LogP contribution in [0, 0.1) is 13.8 Å². The summed E-state index contributed by atoms with van der Waals surface area (Å²) in [5.74, 6) is 0.852. The first-order valence-electron chi connectivity index (χ1n) is 10.1. The van der Waals surface area contributed by atoms with Crippen molar-refractivity contribution in [3.63, 3.8) is 0 Å². The molecule has 2 aromatic rings. The van der Waals surface area contributed by atoms with E-state index in [1.54, 1.807) is 6.26 Å². The van der Waals surface area contributed by atoms with Gasteiger partial charge in [-0.2, -0.15) is 13.2 Å². The summed E-state index contributed by atoms with van der Waals surface area (Å²) in [6.07, 6.45) is -2.10. The van der Waals surface area contributed by atoms with E-state index < -0.39 is 12.8 Å². The molecule has 0 atom stereocenters. The molecule has 0 bridgehead atoms. The number of halogens is 3. The smallest absolute Gasteiger partial charge is 0.411 e. The second-order valence-corrected chi connectivity index (χ2v) is 7.61. The van der Waals surface area contributed by atoms with E-state index in [4.69, 9.17) is 4.42 Å². The van der Waals surface area contributed by atoms with Gasteiger partial charge < -0.3 is 18.6 Å². The first-order chi connectivity index (χ1) is 14.2. The summed E-state index contributed by atoms with van der Waals surface area (Å²) >= 11 is 0. The van der Waals surface area contributed by atoms with Gasteiger partial charge >= 0.3 is 6.18 Å². The Morgan fingerprint density at radius 3 is 2.57 bits per heavy atom. The lowest BCUT2D eigenvalue weighted by atomic mass is 10.2. The van der Waals surface area contributed by atoms with Crippen molar-refractivity contribution in [2.24, 2.45) is 0 Å². The summed E-state index contributed by atoms with van der Waals surface area (Å²) in [4.78, 5) is 17.0. The zero-order valence-electron chi connectivity index (χ0n) is 17.4. The number of aromatic nitrogens is 1. The number of furan rings is 1. The average molecular weight is 427 g/mol. The minimum atomic E-state index is -4.28. The van der Waals surface area contributed by atoms with Gasteiger partial charge in [-0.15, -0.1) is 0 Å². The van der Waals surface area contributed by atoms with Crippen LogP contribution in [0.25, 0.3) is 0 Å². The van der Waals surface area contributed by atoms with E-state index in [0.717, 1.165) is 17.1 Å². The number of carbonyl (C=O) groups excluding carboxylic acids is 1. The number of carbonyl (C=O) groups is 1. The van der Waals surface area contributed by atoms with Crippen molar-refractivity contribution in [2.75, 3.05) is 45.9 Å². The van der Waals surface area contributed by atoms with Gasteiger partial charge in [-0.25, -0.2) is 0 Å². The Morgan fingerprint density at radius 1 is 1.20 bits per heavy atom. The van der Waals surface area contributed by atoms with E-state index in [2.05, 4.69) is 14.2 Å². The van der Waals surface area contributed by atoms with Crippen LogP contribution in [0.15, 0.2) is 28.9 Å². The van der Waals surface area contributed by atoms with Crippen molar-refractivity contribution in [2.45, 2.75) is 33.0 Å². The molecule has 0 radical (unpaired) electrons. The molecule has 9 heteroatoms. The maximum atomic E-state index is 13.0. The summed E-state index contributed by atoms with van der Waals surface area (Å²) in [6, 6.07) is 5.68. The highest BCUT2D eigenvalue weighted by Crippen LogP contribution is 2.20. The maximum Gasteiger partial charge on any atom is 0.411 e. The Balaban J connectivity index is 1.47. The fourth-order valence-electron chi connectivity index (χ4n) is 3.74. The highest BCUT2D eigenvalue weighted by Gasteiger charge is 2.28. The van der Waals surface area contributed by atoms with Crippen LogP contribution in [0.5, 0.6) is 0 Å². The molecule has 30 heavy (non-hydrogen) atoms. The number of amides is 1. The molecule has 6 nitrogen and oxygen atoms in total. The van der Waals surface area contributed by atoms with Crippen molar-refractivity contribution in [1.29, 1.82) is 0 Å². The second kappa shape index (κ2) is 9.70. The zero-order chi connectivity index (χ0) is 21.7. The number of rotatable bonds is 8. The molecule has 0 aromatic carbocycles. The third-order valence-corrected chi connectivity index (χ3v) is 5.39. The molecule has 1 aliphatic rings. The van der Waals surface area contributed by atoms with Gasteiger partial charge in [0.25, 0.3) is 5.91 Å². The normalized spacial score (nSPS) is 15.7. The zero-order valence-corrected chi connectivity index (χ0v) is 17.4. The molecule has 2 aromatic heterocycles. The summed E-state index contributed by atoms with van der Waals surface area (Å²) in [5, 5.41) is 0. The third-order valence-electron chi connectivity index (χ3n) is 5.39. The summed E-state index contributed by atoms with van der Waals surface area (Å²) in [6.45, 7) is 6.67. The Morgan fingerprint density at radius 2 is 1.93 bits per heavy atom. The van der Waals surface area contributed by atoms with E-state index in [1.165, 1.54) is 0 Å². The van der Waals surface area contributed by atoms with E-state index in [1.807, 2.05) is 36.9 Å². The molecule has 0 unspecified atom stereocenters. The van der Waals surface area contributed by atoms with Crippen molar-refractivity contribution < 1.29 is 27.1 Å². The molecule has 0 spiro atoms. The lowest BCUT2D eigenvalue weighted by Gasteiger charge is -2.34. The molecule has 3 heterocycles. The molecule has 0 aliphatic carbocycles. The monoisotopic (exact) mass is 427 g/mol. The molecule has 1 amide bonds. The van der Waals surface area contributed by atoms with Crippen molar-refractivity contribution in [3.8, 4) is 0 Å². The number of alkyl halides is 3. The van der Waals surface area contributed by atoms with E-state index in [9.17, 15) is 18.0 Å². The molecule has 1 aliphatic heterocycles. The number of hydrogen-bond donors (Lipinski definition) is 0. The Kier molecular flexibility index (Phi) is 7.25. The Bertz CT molecular complexity index is 823. The van der Waals surface area contributed by atoms with Gasteiger partial charge in [-0.1, -0.05) is 0 Å². The fourth-order valence-corrected chi connectivity index (χ4v) is 3.74. The van der Waals surface area contributed by atoms with Gasteiger partial charge in [0, 0.05) is 50.7 Å². The highest BCUT2D eigenvalue weighted by atomic mass is 19.4. The van der Waals surface area contributed by atoms with E-state index in [0.29, 0.717) is 51.3 Å². The molecular weight excluding hydrogens is 399 g/mol. The highest BCUT2D eigenvalue weighted by molar-refractivity contribution is 5.95. The van der Waals surface area contributed by atoms with E-state index in [-0.39, 0.29) is 12.5 Å². The van der Waals surface area contributed by atoms with Crippen LogP contribution in [0.4, 0.5) is 13.2 Å². The number of ether oxygens (including phenoxy) is 1. The van der Waals surface area contributed by atoms with Gasteiger partial charge in [0.2, 0.25) is 0 Å². The largest absolute Gasteiger partial charge is 0.467 e. The minimum Gasteiger partial charge on any atom is -0.467 e. The van der Waals surface area contributed by atoms with Gasteiger partial charge in [-0.3, -0.25) is 9.69 Å². The predicted octanol–water partition coefficient (Wildman–Crippen LogP) is 3.47. The quantitative estimate of drug-likeness (QED) is 0.606. The van der Waals surface area contributed by atoms with Crippen molar-refractivity contribution in [3.05, 3.63) is 47.2 Å². The molecule has 1 saturated heterocycles. The van der Waals surface area contributed by atoms with Gasteiger partial charge in [0.1, 0.15) is 12.4 Å². The van der Waals surface area contributed by atoms with Crippen LogP contribution in [-0.4, -0.2) is 72.4 Å². The molecule has 1 fully saturated rings. The second-order valence-electron chi connectivity index (χ2n) is 7.61. The van der Waals surface area contributed by atoms with Crippen molar-refractivity contribution in [1.82, 2.24) is 14.4 Å². The molecule has 3 rings (SSSR count). The van der Waals surface area contributed by atoms with Crippen LogP contribution in [0.1, 0.15) is 33.9 Å². The fraction of sp³-hybridized carbons (Fsp3) is 0.571. The summed E-state index contributed by atoms with van der Waals surface area (Å²) in [7, 11) is 0. The van der Waals surface area contributed by atoms with Gasteiger partial charge in [0.05, 0.1) is 18.4 Å². The Labute approximate surface area is 174 Å². The SMILES string of the molecule is Cc1cc(C(=O)N2CCN(CCCOCC(F)(F)F)CC2)c(C)n1Cc1ccco1.